The minimum absolute atomic E-state index is 0.366. The zero-order chi connectivity index (χ0) is 16.7. The molecule has 3 N–H and O–H groups in total. The lowest BCUT2D eigenvalue weighted by Gasteiger charge is -2.13. The van der Waals surface area contributed by atoms with Crippen LogP contribution in [0.3, 0.4) is 0 Å². The van der Waals surface area contributed by atoms with Crippen LogP contribution in [0.5, 0.6) is 0 Å². The Morgan fingerprint density at radius 3 is 2.65 bits per heavy atom. The fraction of sp³-hybridized carbons (Fsp3) is 0.312. The van der Waals surface area contributed by atoms with Crippen molar-refractivity contribution in [3.05, 3.63) is 48.3 Å². The Hall–Kier alpha value is -2.83. The molecule has 0 aliphatic heterocycles. The van der Waals surface area contributed by atoms with Gasteiger partial charge >= 0.3 is 6.03 Å². The van der Waals surface area contributed by atoms with Crippen LogP contribution in [-0.4, -0.2) is 27.8 Å². The second kappa shape index (κ2) is 7.98. The number of imide groups is 1. The first-order valence-electron chi connectivity index (χ1n) is 7.50. The molecule has 0 bridgehead atoms. The molecule has 0 aliphatic carbocycles. The van der Waals surface area contributed by atoms with E-state index in [9.17, 15) is 9.59 Å². The average molecular weight is 315 g/mol. The van der Waals surface area contributed by atoms with Crippen molar-refractivity contribution >= 4 is 17.6 Å². The highest BCUT2D eigenvalue weighted by molar-refractivity contribution is 5.97. The number of benzene rings is 1. The number of anilines is 1. The third-order valence-corrected chi connectivity index (χ3v) is 3.27. The first-order valence-corrected chi connectivity index (χ1v) is 7.50. The van der Waals surface area contributed by atoms with E-state index >= 15 is 0 Å². The van der Waals surface area contributed by atoms with Crippen molar-refractivity contribution in [3.8, 4) is 0 Å². The maximum absolute atomic E-state index is 12.0. The van der Waals surface area contributed by atoms with Crippen LogP contribution in [0.25, 0.3) is 0 Å². The lowest BCUT2D eigenvalue weighted by atomic mass is 10.2. The van der Waals surface area contributed by atoms with Crippen molar-refractivity contribution < 1.29 is 9.59 Å². The molecule has 7 nitrogen and oxygen atoms in total. The standard InChI is InChI=1S/C16H21N5O2/c1-3-21-11-14(10-18-21)19-12(2)15(22)20-16(23)17-9-13-7-5-4-6-8-13/h4-8,10-12,19H,3,9H2,1-2H3,(H2,17,20,22,23)/t12-/m1/s1. The molecule has 23 heavy (non-hydrogen) atoms. The van der Waals surface area contributed by atoms with E-state index in [1.54, 1.807) is 24.0 Å². The summed E-state index contributed by atoms with van der Waals surface area (Å²) in [6.07, 6.45) is 3.45. The highest BCUT2D eigenvalue weighted by Gasteiger charge is 2.16. The number of nitrogens with one attached hydrogen (secondary N) is 3. The summed E-state index contributed by atoms with van der Waals surface area (Å²) in [5, 5.41) is 12.1. The van der Waals surface area contributed by atoms with Gasteiger partial charge in [0, 0.05) is 19.3 Å². The van der Waals surface area contributed by atoms with Crippen LogP contribution in [0.4, 0.5) is 10.5 Å². The summed E-state index contributed by atoms with van der Waals surface area (Å²) in [5.74, 6) is -0.403. The van der Waals surface area contributed by atoms with Crippen molar-refractivity contribution in [2.75, 3.05) is 5.32 Å². The van der Waals surface area contributed by atoms with Crippen LogP contribution < -0.4 is 16.0 Å². The summed E-state index contributed by atoms with van der Waals surface area (Å²) in [7, 11) is 0. The molecule has 1 atom stereocenters. The SMILES string of the molecule is CCn1cc(N[C@H](C)C(=O)NC(=O)NCc2ccccc2)cn1. The van der Waals surface area contributed by atoms with Crippen molar-refractivity contribution in [1.82, 2.24) is 20.4 Å². The lowest BCUT2D eigenvalue weighted by Crippen LogP contribution is -2.45. The number of hydrogen-bond acceptors (Lipinski definition) is 4. The van der Waals surface area contributed by atoms with Gasteiger partial charge in [0.25, 0.3) is 0 Å². The van der Waals surface area contributed by atoms with Gasteiger partial charge in [0.1, 0.15) is 6.04 Å². The smallest absolute Gasteiger partial charge is 0.321 e. The van der Waals surface area contributed by atoms with Crippen LogP contribution in [-0.2, 0) is 17.9 Å². The molecule has 0 radical (unpaired) electrons. The minimum Gasteiger partial charge on any atom is -0.371 e. The molecule has 3 amide bonds. The van der Waals surface area contributed by atoms with E-state index in [1.165, 1.54) is 0 Å². The van der Waals surface area contributed by atoms with E-state index in [-0.39, 0.29) is 0 Å². The zero-order valence-corrected chi connectivity index (χ0v) is 13.2. The van der Waals surface area contributed by atoms with Gasteiger partial charge in [-0.2, -0.15) is 5.10 Å². The first-order chi connectivity index (χ1) is 11.1. The summed E-state index contributed by atoms with van der Waals surface area (Å²) in [4.78, 5) is 23.7. The van der Waals surface area contributed by atoms with E-state index in [2.05, 4.69) is 21.0 Å². The van der Waals surface area contributed by atoms with Crippen LogP contribution in [0, 0.1) is 0 Å². The molecule has 0 spiro atoms. The van der Waals surface area contributed by atoms with E-state index in [4.69, 9.17) is 0 Å². The van der Waals surface area contributed by atoms with E-state index in [0.29, 0.717) is 6.54 Å². The van der Waals surface area contributed by atoms with E-state index in [0.717, 1.165) is 17.8 Å². The Bertz CT molecular complexity index is 654. The molecule has 1 aromatic carbocycles. The topological polar surface area (TPSA) is 88.0 Å². The number of amides is 3. The van der Waals surface area contributed by atoms with Gasteiger partial charge in [0.2, 0.25) is 5.91 Å². The first kappa shape index (κ1) is 16.5. The summed E-state index contributed by atoms with van der Waals surface area (Å²) >= 11 is 0. The van der Waals surface area contributed by atoms with Gasteiger partial charge in [-0.25, -0.2) is 4.79 Å². The van der Waals surface area contributed by atoms with Gasteiger partial charge < -0.3 is 10.6 Å². The highest BCUT2D eigenvalue weighted by Crippen LogP contribution is 2.06. The van der Waals surface area contributed by atoms with Gasteiger partial charge in [-0.3, -0.25) is 14.8 Å². The van der Waals surface area contributed by atoms with Crippen molar-refractivity contribution in [1.29, 1.82) is 0 Å². The summed E-state index contributed by atoms with van der Waals surface area (Å²) in [6, 6.07) is 8.42. The van der Waals surface area contributed by atoms with E-state index in [1.807, 2.05) is 37.3 Å². The summed E-state index contributed by atoms with van der Waals surface area (Å²) in [6.45, 7) is 4.78. The molecular formula is C16H21N5O2. The van der Waals surface area contributed by atoms with Gasteiger partial charge in [0.15, 0.2) is 0 Å². The number of hydrogen-bond donors (Lipinski definition) is 3. The quantitative estimate of drug-likeness (QED) is 0.757. The van der Waals surface area contributed by atoms with Crippen molar-refractivity contribution in [2.45, 2.75) is 33.0 Å². The number of aryl methyl sites for hydroxylation is 1. The van der Waals surface area contributed by atoms with Gasteiger partial charge in [-0.1, -0.05) is 30.3 Å². The van der Waals surface area contributed by atoms with Crippen LogP contribution in [0.1, 0.15) is 19.4 Å². The highest BCUT2D eigenvalue weighted by atomic mass is 16.2. The van der Waals surface area contributed by atoms with Crippen molar-refractivity contribution in [2.24, 2.45) is 0 Å². The number of nitrogens with zero attached hydrogens (tertiary/aromatic N) is 2. The normalized spacial score (nSPS) is 11.6. The predicted octanol–water partition coefficient (Wildman–Crippen LogP) is 1.73. The number of urea groups is 1. The molecule has 0 unspecified atom stereocenters. The van der Waals surface area contributed by atoms with Crippen molar-refractivity contribution in [3.63, 3.8) is 0 Å². The number of carbonyl (C=O) groups excluding carboxylic acids is 2. The molecule has 2 rings (SSSR count). The van der Waals surface area contributed by atoms with Crippen LogP contribution in [0.15, 0.2) is 42.7 Å². The maximum Gasteiger partial charge on any atom is 0.321 e. The fourth-order valence-electron chi connectivity index (χ4n) is 1.97. The lowest BCUT2D eigenvalue weighted by molar-refractivity contribution is -0.120. The third-order valence-electron chi connectivity index (χ3n) is 3.27. The number of rotatable bonds is 6. The molecule has 0 saturated carbocycles. The summed E-state index contributed by atoms with van der Waals surface area (Å²) < 4.78 is 1.75. The van der Waals surface area contributed by atoms with Gasteiger partial charge in [-0.15, -0.1) is 0 Å². The number of aromatic nitrogens is 2. The average Bonchev–Trinajstić information content (AvgIpc) is 3.01. The molecule has 1 aromatic heterocycles. The Morgan fingerprint density at radius 1 is 1.26 bits per heavy atom. The van der Waals surface area contributed by atoms with Gasteiger partial charge in [-0.05, 0) is 19.4 Å². The summed E-state index contributed by atoms with van der Waals surface area (Å²) in [5.41, 5.74) is 1.70. The molecule has 122 valence electrons. The molecule has 7 heteroatoms. The molecular weight excluding hydrogens is 294 g/mol. The monoisotopic (exact) mass is 315 g/mol. The molecule has 0 saturated heterocycles. The number of carbonyl (C=O) groups is 2. The largest absolute Gasteiger partial charge is 0.371 e. The Balaban J connectivity index is 1.77. The minimum atomic E-state index is -0.549. The predicted molar refractivity (Wildman–Crippen MR) is 87.8 cm³/mol. The maximum atomic E-state index is 12.0. The molecule has 0 aliphatic rings. The zero-order valence-electron chi connectivity index (χ0n) is 13.2. The Morgan fingerprint density at radius 2 is 2.00 bits per heavy atom. The molecule has 2 aromatic rings. The van der Waals surface area contributed by atoms with Crippen LogP contribution >= 0.6 is 0 Å². The molecule has 0 fully saturated rings. The Labute approximate surface area is 135 Å². The second-order valence-corrected chi connectivity index (χ2v) is 5.11. The second-order valence-electron chi connectivity index (χ2n) is 5.11. The third kappa shape index (κ3) is 5.14. The van der Waals surface area contributed by atoms with E-state index < -0.39 is 18.0 Å². The van der Waals surface area contributed by atoms with Crippen LogP contribution in [0.2, 0.25) is 0 Å². The molecule has 1 heterocycles. The fourth-order valence-corrected chi connectivity index (χ4v) is 1.97. The van der Waals surface area contributed by atoms with Gasteiger partial charge in [0.05, 0.1) is 11.9 Å². The Kier molecular flexibility index (Phi) is 5.74.